The van der Waals surface area contributed by atoms with Crippen LogP contribution in [0.5, 0.6) is 0 Å². The maximum atomic E-state index is 12.0. The molecule has 0 aromatic carbocycles. The molecule has 8 aliphatic rings. The fourth-order valence-corrected chi connectivity index (χ4v) is 13.2. The van der Waals surface area contributed by atoms with E-state index in [1.54, 1.807) is 0 Å². The highest BCUT2D eigenvalue weighted by Gasteiger charge is 2.70. The Balaban J connectivity index is 0.961. The molecule has 4 heterocycles. The third-order valence-corrected chi connectivity index (χ3v) is 16.1. The average Bonchev–Trinajstić information content (AvgIpc) is 3.56. The molecule has 0 amide bonds. The maximum Gasteiger partial charge on any atom is 0.187 e. The van der Waals surface area contributed by atoms with Crippen molar-refractivity contribution in [3.8, 4) is 0 Å². The molecular weight excluding hydrogens is 676 g/mol. The SMILES string of the molecule is CC1CC[C@@]2(OC1)O[C@H]1C[C@H]3[C@@H]4C[C@H](O)C5C[C@@H](O[C@@H]6O[C@H](CO)[C@@H](O)[C@H](O)[C@H]6O[C@@H]6O[C@@H](C)[C@H](O)[C@@H](O)[C@H]6O)CC[C@]5(C)[C@H]4CC[C@]3(C)[C@H]1[C@@H]2C. The van der Waals surface area contributed by atoms with Crippen LogP contribution in [0, 0.1) is 52.3 Å². The standard InChI is InChI=1S/C39H64O13/c1-17-6-11-39(47-16-17)18(2)28-26(52-39)14-23-21-13-25(41)24-12-20(7-9-37(24,4)22(21)8-10-38(23,28)5)49-36-34(32(45)30(43)27(15-40)50-36)51-35-33(46)31(44)29(42)19(3)48-35/h17-36,40-46H,6-16H2,1-5H3/t17?,18-,19-,20-,21+,22-,23-,24?,25-,26-,27+,28-,29-,30+,31+,32-,33+,34+,35-,36+,37+,38-,39+/m0/s1. The van der Waals surface area contributed by atoms with Gasteiger partial charge in [0.05, 0.1) is 37.6 Å². The normalized spacial score (nSPS) is 60.5. The van der Waals surface area contributed by atoms with E-state index in [9.17, 15) is 35.7 Å². The quantitative estimate of drug-likeness (QED) is 0.200. The lowest BCUT2D eigenvalue weighted by Crippen LogP contribution is -2.64. The summed E-state index contributed by atoms with van der Waals surface area (Å²) in [7, 11) is 0. The Morgan fingerprint density at radius 2 is 1.44 bits per heavy atom. The second-order valence-corrected chi connectivity index (χ2v) is 18.8. The van der Waals surface area contributed by atoms with Crippen molar-refractivity contribution < 1.29 is 64.2 Å². The predicted molar refractivity (Wildman–Crippen MR) is 183 cm³/mol. The fourth-order valence-electron chi connectivity index (χ4n) is 13.2. The Morgan fingerprint density at radius 1 is 0.692 bits per heavy atom. The van der Waals surface area contributed by atoms with E-state index in [-0.39, 0.29) is 29.0 Å². The lowest BCUT2D eigenvalue weighted by Gasteiger charge is -2.62. The van der Waals surface area contributed by atoms with Gasteiger partial charge < -0.3 is 64.2 Å². The average molecular weight is 741 g/mol. The minimum atomic E-state index is -1.63. The molecule has 4 saturated heterocycles. The zero-order valence-corrected chi connectivity index (χ0v) is 31.4. The molecule has 4 aliphatic heterocycles. The molecule has 13 heteroatoms. The number of fused-ring (bicyclic) bond motifs is 7. The highest BCUT2D eigenvalue weighted by atomic mass is 16.8. The fraction of sp³-hybridized carbons (Fsp3) is 1.00. The molecule has 1 spiro atoms. The van der Waals surface area contributed by atoms with Crippen LogP contribution in [0.25, 0.3) is 0 Å². The molecule has 8 fully saturated rings. The van der Waals surface area contributed by atoms with Crippen molar-refractivity contribution in [2.45, 2.75) is 178 Å². The van der Waals surface area contributed by atoms with Crippen molar-refractivity contribution in [2.24, 2.45) is 52.3 Å². The van der Waals surface area contributed by atoms with Crippen LogP contribution in [-0.4, -0.2) is 134 Å². The first-order valence-electron chi connectivity index (χ1n) is 20.2. The number of hydrogen-bond donors (Lipinski definition) is 7. The van der Waals surface area contributed by atoms with Crippen LogP contribution >= 0.6 is 0 Å². The van der Waals surface area contributed by atoms with Crippen LogP contribution < -0.4 is 0 Å². The number of aliphatic hydroxyl groups excluding tert-OH is 7. The van der Waals surface area contributed by atoms with Gasteiger partial charge in [0.15, 0.2) is 18.4 Å². The van der Waals surface area contributed by atoms with Gasteiger partial charge in [0.25, 0.3) is 0 Å². The molecular formula is C39H64O13. The molecule has 0 radical (unpaired) electrons. The van der Waals surface area contributed by atoms with E-state index in [1.165, 1.54) is 6.92 Å². The molecule has 7 N–H and O–H groups in total. The summed E-state index contributed by atoms with van der Waals surface area (Å²) in [6.45, 7) is 11.2. The third-order valence-electron chi connectivity index (χ3n) is 16.1. The molecule has 13 nitrogen and oxygen atoms in total. The van der Waals surface area contributed by atoms with Gasteiger partial charge in [-0.2, -0.15) is 0 Å². The maximum absolute atomic E-state index is 12.0. The zero-order chi connectivity index (χ0) is 37.1. The van der Waals surface area contributed by atoms with Crippen LogP contribution in [-0.2, 0) is 28.4 Å². The molecule has 23 atom stereocenters. The van der Waals surface area contributed by atoms with Crippen molar-refractivity contribution in [1.82, 2.24) is 0 Å². The van der Waals surface area contributed by atoms with Gasteiger partial charge in [0, 0.05) is 12.3 Å². The molecule has 0 aromatic heterocycles. The Morgan fingerprint density at radius 3 is 2.15 bits per heavy atom. The highest BCUT2D eigenvalue weighted by Crippen LogP contribution is 2.71. The minimum Gasteiger partial charge on any atom is -0.394 e. The van der Waals surface area contributed by atoms with Crippen molar-refractivity contribution in [2.75, 3.05) is 13.2 Å². The van der Waals surface area contributed by atoms with Gasteiger partial charge in [0.2, 0.25) is 0 Å². The van der Waals surface area contributed by atoms with Crippen molar-refractivity contribution in [3.63, 3.8) is 0 Å². The molecule has 4 saturated carbocycles. The summed E-state index contributed by atoms with van der Waals surface area (Å²) in [6.07, 6.45) is -6.08. The number of aliphatic hydroxyl groups is 7. The molecule has 52 heavy (non-hydrogen) atoms. The first kappa shape index (κ1) is 38.4. The summed E-state index contributed by atoms with van der Waals surface area (Å²) in [4.78, 5) is 0. The monoisotopic (exact) mass is 740 g/mol. The Bertz CT molecular complexity index is 1280. The van der Waals surface area contributed by atoms with Crippen molar-refractivity contribution in [3.05, 3.63) is 0 Å². The third kappa shape index (κ3) is 5.89. The lowest BCUT2D eigenvalue weighted by atomic mass is 9.43. The van der Waals surface area contributed by atoms with E-state index in [0.29, 0.717) is 48.3 Å². The van der Waals surface area contributed by atoms with Gasteiger partial charge in [-0.15, -0.1) is 0 Å². The largest absolute Gasteiger partial charge is 0.394 e. The molecule has 4 aliphatic carbocycles. The second-order valence-electron chi connectivity index (χ2n) is 18.8. The summed E-state index contributed by atoms with van der Waals surface area (Å²) < 4.78 is 37.5. The van der Waals surface area contributed by atoms with Gasteiger partial charge in [-0.05, 0) is 105 Å². The number of hydrogen-bond acceptors (Lipinski definition) is 13. The Kier molecular flexibility index (Phi) is 10.2. The first-order chi connectivity index (χ1) is 24.6. The summed E-state index contributed by atoms with van der Waals surface area (Å²) in [5.74, 6) is 2.28. The van der Waals surface area contributed by atoms with E-state index in [2.05, 4.69) is 27.7 Å². The van der Waals surface area contributed by atoms with Gasteiger partial charge in [-0.3, -0.25) is 0 Å². The number of ether oxygens (including phenoxy) is 6. The Hall–Kier alpha value is -0.520. The summed E-state index contributed by atoms with van der Waals surface area (Å²) in [5, 5.41) is 74.9. The minimum absolute atomic E-state index is 0.0121. The molecule has 2 unspecified atom stereocenters. The van der Waals surface area contributed by atoms with Crippen LogP contribution in [0.2, 0.25) is 0 Å². The molecule has 0 bridgehead atoms. The summed E-state index contributed by atoms with van der Waals surface area (Å²) in [5.41, 5.74) is 0.0608. The Labute approximate surface area is 307 Å². The molecule has 0 aromatic rings. The molecule has 8 rings (SSSR count). The van der Waals surface area contributed by atoms with Crippen LogP contribution in [0.15, 0.2) is 0 Å². The van der Waals surface area contributed by atoms with Crippen LogP contribution in [0.1, 0.15) is 92.4 Å². The van der Waals surface area contributed by atoms with Crippen molar-refractivity contribution in [1.29, 1.82) is 0 Å². The van der Waals surface area contributed by atoms with Gasteiger partial charge in [0.1, 0.15) is 42.7 Å². The first-order valence-corrected chi connectivity index (χ1v) is 20.2. The smallest absolute Gasteiger partial charge is 0.187 e. The van der Waals surface area contributed by atoms with Gasteiger partial charge in [-0.1, -0.05) is 27.7 Å². The van der Waals surface area contributed by atoms with Crippen LogP contribution in [0.4, 0.5) is 0 Å². The van der Waals surface area contributed by atoms with E-state index in [1.807, 2.05) is 0 Å². The van der Waals surface area contributed by atoms with Gasteiger partial charge in [-0.25, -0.2) is 0 Å². The van der Waals surface area contributed by atoms with E-state index < -0.39 is 79.9 Å². The van der Waals surface area contributed by atoms with Crippen molar-refractivity contribution >= 4 is 0 Å². The van der Waals surface area contributed by atoms with E-state index in [0.717, 1.165) is 51.6 Å². The topological polar surface area (TPSA) is 197 Å². The second kappa shape index (κ2) is 13.8. The van der Waals surface area contributed by atoms with Gasteiger partial charge >= 0.3 is 0 Å². The highest BCUT2D eigenvalue weighted by molar-refractivity contribution is 5.16. The zero-order valence-electron chi connectivity index (χ0n) is 31.4. The lowest BCUT2D eigenvalue weighted by molar-refractivity contribution is -0.371. The predicted octanol–water partition coefficient (Wildman–Crippen LogP) is 1.44. The molecule has 298 valence electrons. The summed E-state index contributed by atoms with van der Waals surface area (Å²) >= 11 is 0. The summed E-state index contributed by atoms with van der Waals surface area (Å²) in [6, 6.07) is 0. The van der Waals surface area contributed by atoms with Crippen LogP contribution in [0.3, 0.4) is 0 Å². The van der Waals surface area contributed by atoms with E-state index in [4.69, 9.17) is 28.4 Å². The van der Waals surface area contributed by atoms with E-state index >= 15 is 0 Å². The number of rotatable bonds is 5.